The number of alkyl halides is 3. The monoisotopic (exact) mass is 531 g/mol. The van der Waals surface area contributed by atoms with E-state index in [4.69, 9.17) is 4.52 Å². The number of pyridine rings is 1. The van der Waals surface area contributed by atoms with E-state index in [1.165, 1.54) is 0 Å². The third-order valence-corrected chi connectivity index (χ3v) is 6.48. The minimum Gasteiger partial charge on any atom is -0.332 e. The summed E-state index contributed by atoms with van der Waals surface area (Å²) in [5, 5.41) is 3.91. The number of aryl methyl sites for hydroxylation is 2. The Kier molecular flexibility index (Phi) is 6.95. The molecule has 38 heavy (non-hydrogen) atoms. The quantitative estimate of drug-likeness (QED) is 0.291. The van der Waals surface area contributed by atoms with Crippen LogP contribution >= 0.6 is 0 Å². The number of aromatic amines is 1. The van der Waals surface area contributed by atoms with Gasteiger partial charge in [-0.2, -0.15) is 4.98 Å². The minimum absolute atomic E-state index is 0.0515. The number of unbranched alkanes of at least 4 members (excludes halogenated alkanes) is 1. The molecule has 200 valence electrons. The first-order valence-electron chi connectivity index (χ1n) is 12.2. The summed E-state index contributed by atoms with van der Waals surface area (Å²) in [6.45, 7) is -0.108. The molecule has 1 saturated carbocycles. The number of H-pyrrole nitrogens is 1. The molecule has 0 atom stereocenters. The Hall–Kier alpha value is -4.10. The van der Waals surface area contributed by atoms with Crippen molar-refractivity contribution >= 4 is 11.0 Å². The SMILES string of the molecule is O=c1[nH]c(C(F)F)nc2c(=O)n(CCCCc3noc(-c4ccccn4)n3)c(=O)n(CCCC3(F)CC3)c12. The number of nitrogens with zero attached hydrogens (tertiary/aromatic N) is 6. The van der Waals surface area contributed by atoms with Gasteiger partial charge in [-0.15, -0.1) is 0 Å². The van der Waals surface area contributed by atoms with Crippen molar-refractivity contribution in [3.8, 4) is 11.6 Å². The number of aromatic nitrogens is 7. The van der Waals surface area contributed by atoms with Crippen molar-refractivity contribution in [2.24, 2.45) is 0 Å². The number of halogens is 3. The molecule has 0 unspecified atom stereocenters. The van der Waals surface area contributed by atoms with Crippen LogP contribution in [0, 0.1) is 0 Å². The summed E-state index contributed by atoms with van der Waals surface area (Å²) < 4.78 is 47.8. The summed E-state index contributed by atoms with van der Waals surface area (Å²) in [4.78, 5) is 52.9. The van der Waals surface area contributed by atoms with E-state index < -0.39 is 45.8 Å². The molecule has 1 aliphatic carbocycles. The molecule has 1 aliphatic rings. The van der Waals surface area contributed by atoms with Crippen molar-refractivity contribution in [2.75, 3.05) is 0 Å². The normalized spacial score (nSPS) is 14.4. The summed E-state index contributed by atoms with van der Waals surface area (Å²) in [5.41, 5.74) is -4.39. The van der Waals surface area contributed by atoms with Gasteiger partial charge in [0.1, 0.15) is 16.9 Å². The van der Waals surface area contributed by atoms with E-state index in [9.17, 15) is 27.6 Å². The van der Waals surface area contributed by atoms with E-state index in [2.05, 4.69) is 20.1 Å². The Labute approximate surface area is 212 Å². The molecule has 1 fully saturated rings. The number of rotatable bonds is 11. The van der Waals surface area contributed by atoms with Gasteiger partial charge in [-0.05, 0) is 50.7 Å². The highest BCUT2D eigenvalue weighted by Crippen LogP contribution is 2.43. The molecule has 4 aromatic rings. The van der Waals surface area contributed by atoms with Crippen LogP contribution in [0.25, 0.3) is 22.6 Å². The van der Waals surface area contributed by atoms with Crippen molar-refractivity contribution in [1.82, 2.24) is 34.2 Å². The second-order valence-corrected chi connectivity index (χ2v) is 9.28. The van der Waals surface area contributed by atoms with E-state index in [1.54, 1.807) is 24.4 Å². The van der Waals surface area contributed by atoms with Crippen LogP contribution < -0.4 is 16.8 Å². The first kappa shape index (κ1) is 25.5. The second-order valence-electron chi connectivity index (χ2n) is 9.28. The highest BCUT2D eigenvalue weighted by atomic mass is 19.3. The number of hydrogen-bond donors (Lipinski definition) is 1. The Morgan fingerprint density at radius 1 is 1.05 bits per heavy atom. The molecule has 0 bridgehead atoms. The fourth-order valence-corrected chi connectivity index (χ4v) is 4.29. The number of nitrogens with one attached hydrogen (secondary N) is 1. The van der Waals surface area contributed by atoms with Crippen LogP contribution in [0.2, 0.25) is 0 Å². The van der Waals surface area contributed by atoms with Gasteiger partial charge in [-0.3, -0.25) is 23.7 Å². The lowest BCUT2D eigenvalue weighted by atomic mass is 10.2. The van der Waals surface area contributed by atoms with Crippen LogP contribution in [0.15, 0.2) is 43.3 Å². The lowest BCUT2D eigenvalue weighted by Crippen LogP contribution is -2.42. The molecule has 0 aromatic carbocycles. The van der Waals surface area contributed by atoms with E-state index in [1.807, 2.05) is 4.98 Å². The predicted octanol–water partition coefficient (Wildman–Crippen LogP) is 2.93. The topological polar surface area (TPSA) is 142 Å². The van der Waals surface area contributed by atoms with Gasteiger partial charge in [-0.1, -0.05) is 11.2 Å². The second kappa shape index (κ2) is 10.3. The van der Waals surface area contributed by atoms with Crippen LogP contribution in [-0.4, -0.2) is 39.9 Å². The van der Waals surface area contributed by atoms with Crippen molar-refractivity contribution in [1.29, 1.82) is 0 Å². The summed E-state index contributed by atoms with van der Waals surface area (Å²) >= 11 is 0. The number of fused-ring (bicyclic) bond motifs is 1. The van der Waals surface area contributed by atoms with Gasteiger partial charge in [0.15, 0.2) is 17.2 Å². The highest BCUT2D eigenvalue weighted by molar-refractivity contribution is 5.72. The maximum atomic E-state index is 14.1. The molecule has 11 nitrogen and oxygen atoms in total. The predicted molar refractivity (Wildman–Crippen MR) is 129 cm³/mol. The van der Waals surface area contributed by atoms with Gasteiger partial charge < -0.3 is 9.51 Å². The zero-order valence-corrected chi connectivity index (χ0v) is 20.2. The van der Waals surface area contributed by atoms with Gasteiger partial charge in [0.05, 0.1) is 0 Å². The molecule has 0 amide bonds. The first-order valence-corrected chi connectivity index (χ1v) is 12.2. The summed E-state index contributed by atoms with van der Waals surface area (Å²) in [5.74, 6) is -0.275. The van der Waals surface area contributed by atoms with Gasteiger partial charge >= 0.3 is 5.69 Å². The lowest BCUT2D eigenvalue weighted by Gasteiger charge is -2.14. The summed E-state index contributed by atoms with van der Waals surface area (Å²) in [7, 11) is 0. The molecular weight excluding hydrogens is 507 g/mol. The van der Waals surface area contributed by atoms with Crippen LogP contribution in [0.3, 0.4) is 0 Å². The molecule has 0 radical (unpaired) electrons. The zero-order chi connectivity index (χ0) is 26.9. The molecule has 0 saturated heterocycles. The Morgan fingerprint density at radius 2 is 1.84 bits per heavy atom. The molecular formula is C24H24F3N7O4. The average Bonchev–Trinajstić information content (AvgIpc) is 3.44. The van der Waals surface area contributed by atoms with Crippen molar-refractivity contribution in [3.05, 3.63) is 67.2 Å². The fraction of sp³-hybridized carbons (Fsp3) is 0.458. The standard InChI is InChI=1S/C24H24F3N7O4/c25-18(26)19-30-16-17(20(35)31-19)33(13-5-8-24(27)9-10-24)23(37)34(22(16)36)12-4-2-7-15-29-21(38-32-15)14-6-1-3-11-28-14/h1,3,6,11,18H,2,4-5,7-10,12-13H2,(H,30,31,35). The van der Waals surface area contributed by atoms with Crippen LogP contribution in [-0.2, 0) is 19.5 Å². The van der Waals surface area contributed by atoms with Crippen LogP contribution in [0.5, 0.6) is 0 Å². The van der Waals surface area contributed by atoms with Crippen molar-refractivity contribution < 1.29 is 17.7 Å². The molecule has 0 spiro atoms. The molecule has 4 heterocycles. The molecule has 0 aliphatic heterocycles. The Morgan fingerprint density at radius 3 is 2.55 bits per heavy atom. The molecule has 1 N–H and O–H groups in total. The van der Waals surface area contributed by atoms with E-state index in [0.717, 1.165) is 9.13 Å². The van der Waals surface area contributed by atoms with Gasteiger partial charge in [-0.25, -0.2) is 22.9 Å². The van der Waals surface area contributed by atoms with Gasteiger partial charge in [0.2, 0.25) is 0 Å². The first-order chi connectivity index (χ1) is 18.3. The third-order valence-electron chi connectivity index (χ3n) is 6.48. The summed E-state index contributed by atoms with van der Waals surface area (Å²) in [6, 6.07) is 5.27. The molecule has 14 heteroatoms. The Bertz CT molecular complexity index is 1620. The highest BCUT2D eigenvalue weighted by Gasteiger charge is 2.42. The van der Waals surface area contributed by atoms with E-state index in [0.29, 0.717) is 43.6 Å². The zero-order valence-electron chi connectivity index (χ0n) is 20.2. The fourth-order valence-electron chi connectivity index (χ4n) is 4.29. The van der Waals surface area contributed by atoms with Gasteiger partial charge in [0, 0.05) is 25.7 Å². The van der Waals surface area contributed by atoms with Crippen molar-refractivity contribution in [3.63, 3.8) is 0 Å². The van der Waals surface area contributed by atoms with Crippen molar-refractivity contribution in [2.45, 2.75) is 70.1 Å². The summed E-state index contributed by atoms with van der Waals surface area (Å²) in [6.07, 6.45) is 0.973. The average molecular weight is 531 g/mol. The largest absolute Gasteiger partial charge is 0.332 e. The lowest BCUT2D eigenvalue weighted by molar-refractivity contribution is 0.140. The molecule has 5 rings (SSSR count). The van der Waals surface area contributed by atoms with E-state index >= 15 is 0 Å². The molecule has 4 aromatic heterocycles. The van der Waals surface area contributed by atoms with E-state index in [-0.39, 0.29) is 31.8 Å². The maximum absolute atomic E-state index is 14.1. The van der Waals surface area contributed by atoms with Crippen LogP contribution in [0.1, 0.15) is 56.6 Å². The maximum Gasteiger partial charge on any atom is 0.331 e. The number of hydrogen-bond acceptors (Lipinski definition) is 8. The smallest absolute Gasteiger partial charge is 0.331 e. The third kappa shape index (κ3) is 5.29. The van der Waals surface area contributed by atoms with Crippen LogP contribution in [0.4, 0.5) is 13.2 Å². The Balaban J connectivity index is 1.37. The minimum atomic E-state index is -3.12. The van der Waals surface area contributed by atoms with Gasteiger partial charge in [0.25, 0.3) is 23.4 Å².